The predicted molar refractivity (Wildman–Crippen MR) is 110 cm³/mol. The Hall–Kier alpha value is -2.78. The number of ether oxygens (including phenoxy) is 1. The fourth-order valence-electron chi connectivity index (χ4n) is 2.98. The maximum atomic E-state index is 12.2. The molecule has 28 heavy (non-hydrogen) atoms. The number of hydrogen-bond acceptors (Lipinski definition) is 7. The number of rotatable bonds is 5. The largest absolute Gasteiger partial charge is 0.442 e. The zero-order valence-corrected chi connectivity index (χ0v) is 16.4. The molecule has 1 atom stereocenters. The van der Waals surface area contributed by atoms with Crippen LogP contribution in [-0.4, -0.2) is 50.6 Å². The quantitative estimate of drug-likeness (QED) is 0.777. The summed E-state index contributed by atoms with van der Waals surface area (Å²) in [6.07, 6.45) is 0.832. The van der Waals surface area contributed by atoms with Gasteiger partial charge in [0, 0.05) is 5.69 Å². The van der Waals surface area contributed by atoms with Crippen LogP contribution >= 0.6 is 22.9 Å². The lowest BCUT2D eigenvalue weighted by atomic mass is 10.2. The number of nitrogens with zero attached hydrogens (tertiary/aromatic N) is 3. The first-order valence-corrected chi connectivity index (χ1v) is 9.93. The van der Waals surface area contributed by atoms with Gasteiger partial charge < -0.3 is 10.1 Å². The Morgan fingerprint density at radius 2 is 2.07 bits per heavy atom. The summed E-state index contributed by atoms with van der Waals surface area (Å²) in [5.41, 5.74) is 4.81. The van der Waals surface area contributed by atoms with Gasteiger partial charge in [0.1, 0.15) is 12.4 Å². The van der Waals surface area contributed by atoms with Crippen molar-refractivity contribution in [3.63, 3.8) is 0 Å². The minimum atomic E-state index is -0.422. The average molecular weight is 420 g/mol. The molecule has 0 spiro atoms. The monoisotopic (exact) mass is 419 g/mol. The third-order valence-electron chi connectivity index (χ3n) is 4.39. The molecule has 2 amide bonds. The fourth-order valence-corrected chi connectivity index (χ4v) is 3.94. The van der Waals surface area contributed by atoms with Crippen LogP contribution in [0.1, 0.15) is 9.67 Å². The minimum Gasteiger partial charge on any atom is -0.442 e. The van der Waals surface area contributed by atoms with E-state index in [4.69, 9.17) is 16.3 Å². The van der Waals surface area contributed by atoms with Gasteiger partial charge in [-0.15, -0.1) is 11.3 Å². The van der Waals surface area contributed by atoms with E-state index in [1.54, 1.807) is 23.4 Å². The van der Waals surface area contributed by atoms with Crippen molar-refractivity contribution in [1.29, 1.82) is 0 Å². The van der Waals surface area contributed by atoms with Crippen LogP contribution in [0.5, 0.6) is 0 Å². The predicted octanol–water partition coefficient (Wildman–Crippen LogP) is 2.51. The second kappa shape index (κ2) is 8.07. The summed E-state index contributed by atoms with van der Waals surface area (Å²) in [7, 11) is 0. The van der Waals surface area contributed by atoms with E-state index in [9.17, 15) is 9.59 Å². The van der Waals surface area contributed by atoms with Gasteiger partial charge in [0.05, 0.1) is 41.1 Å². The number of halogens is 1. The van der Waals surface area contributed by atoms with E-state index >= 15 is 0 Å². The lowest BCUT2D eigenvalue weighted by Crippen LogP contribution is -2.42. The molecular weight excluding hydrogens is 402 g/mol. The van der Waals surface area contributed by atoms with E-state index in [0.29, 0.717) is 15.8 Å². The molecule has 3 heterocycles. The molecule has 0 aliphatic carbocycles. The number of anilines is 2. The van der Waals surface area contributed by atoms with Gasteiger partial charge in [0.25, 0.3) is 5.91 Å². The summed E-state index contributed by atoms with van der Waals surface area (Å²) < 4.78 is 5.93. The summed E-state index contributed by atoms with van der Waals surface area (Å²) in [6, 6.07) is 11.0. The number of hydrazine groups is 1. The molecule has 1 saturated heterocycles. The normalized spacial score (nSPS) is 18.8. The smallest absolute Gasteiger partial charge is 0.414 e. The van der Waals surface area contributed by atoms with Gasteiger partial charge >= 0.3 is 6.09 Å². The number of nitrogens with one attached hydrogen (secondary N) is 2. The van der Waals surface area contributed by atoms with Gasteiger partial charge in [-0.3, -0.25) is 25.1 Å². The first-order valence-electron chi connectivity index (χ1n) is 8.74. The van der Waals surface area contributed by atoms with E-state index in [1.165, 1.54) is 11.3 Å². The molecule has 2 aliphatic rings. The van der Waals surface area contributed by atoms with E-state index in [1.807, 2.05) is 29.3 Å². The van der Waals surface area contributed by atoms with Crippen LogP contribution in [0.4, 0.5) is 16.2 Å². The molecule has 1 aromatic heterocycles. The van der Waals surface area contributed by atoms with Gasteiger partial charge in [-0.2, -0.15) is 0 Å². The van der Waals surface area contributed by atoms with Crippen molar-refractivity contribution in [1.82, 2.24) is 10.7 Å². The Morgan fingerprint density at radius 1 is 1.29 bits per heavy atom. The number of thiophene rings is 1. The SMILES string of the molecule is O=C(NCC1CN(c2ccc(N3CCN=CN3)cc2)C(=O)O1)c1ccc(Cl)s1. The van der Waals surface area contributed by atoms with E-state index in [-0.39, 0.29) is 12.5 Å². The topological polar surface area (TPSA) is 86.3 Å². The zero-order chi connectivity index (χ0) is 19.5. The number of amides is 2. The van der Waals surface area contributed by atoms with Crippen molar-refractivity contribution in [2.45, 2.75) is 6.10 Å². The van der Waals surface area contributed by atoms with Crippen molar-refractivity contribution >= 4 is 52.7 Å². The van der Waals surface area contributed by atoms with Gasteiger partial charge in [-0.1, -0.05) is 11.6 Å². The molecule has 0 bridgehead atoms. The second-order valence-corrected chi connectivity index (χ2v) is 7.98. The van der Waals surface area contributed by atoms with Crippen LogP contribution in [0.15, 0.2) is 41.4 Å². The summed E-state index contributed by atoms with van der Waals surface area (Å²) in [4.78, 5) is 30.5. The average Bonchev–Trinajstić information content (AvgIpc) is 3.32. The van der Waals surface area contributed by atoms with E-state index in [0.717, 1.165) is 24.5 Å². The molecule has 146 valence electrons. The molecule has 2 aromatic rings. The third-order valence-corrected chi connectivity index (χ3v) is 5.62. The lowest BCUT2D eigenvalue weighted by Gasteiger charge is -2.26. The highest BCUT2D eigenvalue weighted by Gasteiger charge is 2.32. The number of carbonyl (C=O) groups excluding carboxylic acids is 2. The van der Waals surface area contributed by atoms with Crippen LogP contribution in [0.25, 0.3) is 0 Å². The van der Waals surface area contributed by atoms with Crippen LogP contribution in [0.3, 0.4) is 0 Å². The Bertz CT molecular complexity index is 901. The lowest BCUT2D eigenvalue weighted by molar-refractivity contribution is 0.0920. The number of cyclic esters (lactones) is 1. The molecule has 1 fully saturated rings. The highest BCUT2D eigenvalue weighted by atomic mass is 35.5. The Balaban J connectivity index is 1.34. The fraction of sp³-hybridized carbons (Fsp3) is 0.278. The Labute approximate surface area is 170 Å². The van der Waals surface area contributed by atoms with Gasteiger partial charge in [-0.25, -0.2) is 4.79 Å². The first-order chi connectivity index (χ1) is 13.6. The van der Waals surface area contributed by atoms with Gasteiger partial charge in [0.15, 0.2) is 0 Å². The molecular formula is C18H18ClN5O3S. The van der Waals surface area contributed by atoms with Crippen molar-refractivity contribution < 1.29 is 14.3 Å². The zero-order valence-electron chi connectivity index (χ0n) is 14.8. The molecule has 1 unspecified atom stereocenters. The number of aliphatic imine (C=N–C) groups is 1. The number of benzene rings is 1. The molecule has 10 heteroatoms. The third kappa shape index (κ3) is 4.05. The second-order valence-electron chi connectivity index (χ2n) is 6.26. The van der Waals surface area contributed by atoms with Crippen LogP contribution < -0.4 is 20.7 Å². The molecule has 1 aromatic carbocycles. The summed E-state index contributed by atoms with van der Waals surface area (Å²) in [6.45, 7) is 2.13. The van der Waals surface area contributed by atoms with Gasteiger partial charge in [-0.05, 0) is 36.4 Å². The highest BCUT2D eigenvalue weighted by molar-refractivity contribution is 7.17. The van der Waals surface area contributed by atoms with Crippen LogP contribution in [0.2, 0.25) is 4.34 Å². The maximum Gasteiger partial charge on any atom is 0.414 e. The summed E-state index contributed by atoms with van der Waals surface area (Å²) >= 11 is 7.05. The molecule has 0 saturated carbocycles. The van der Waals surface area contributed by atoms with Crippen molar-refractivity contribution in [3.05, 3.63) is 45.6 Å². The Kier molecular flexibility index (Phi) is 5.36. The standard InChI is InChI=1S/C18H18ClN5O3S/c19-16-6-5-15(28-16)17(25)21-9-14-10-23(18(26)27-14)12-1-3-13(4-2-12)24-8-7-20-11-22-24/h1-6,11,14H,7-10H2,(H,20,22)(H,21,25). The number of carbonyl (C=O) groups is 2. The molecule has 4 rings (SSSR count). The van der Waals surface area contributed by atoms with Gasteiger partial charge in [0.2, 0.25) is 0 Å². The minimum absolute atomic E-state index is 0.228. The maximum absolute atomic E-state index is 12.2. The van der Waals surface area contributed by atoms with E-state index in [2.05, 4.69) is 15.7 Å². The summed E-state index contributed by atoms with van der Waals surface area (Å²) in [5.74, 6) is -0.228. The highest BCUT2D eigenvalue weighted by Crippen LogP contribution is 2.25. The molecule has 2 N–H and O–H groups in total. The first kappa shape index (κ1) is 18.6. The van der Waals surface area contributed by atoms with E-state index < -0.39 is 12.2 Å². The summed E-state index contributed by atoms with van der Waals surface area (Å²) in [5, 5.41) is 4.76. The Morgan fingerprint density at radius 3 is 2.75 bits per heavy atom. The molecule has 0 radical (unpaired) electrons. The van der Waals surface area contributed by atoms with Crippen LogP contribution in [0, 0.1) is 0 Å². The van der Waals surface area contributed by atoms with Crippen LogP contribution in [-0.2, 0) is 4.74 Å². The molecule has 8 nitrogen and oxygen atoms in total. The molecule has 2 aliphatic heterocycles. The van der Waals surface area contributed by atoms with Crippen molar-refractivity contribution in [3.8, 4) is 0 Å². The number of hydrogen-bond donors (Lipinski definition) is 2. The van der Waals surface area contributed by atoms with Crippen molar-refractivity contribution in [2.24, 2.45) is 4.99 Å². The van der Waals surface area contributed by atoms with Crippen molar-refractivity contribution in [2.75, 3.05) is 36.1 Å².